The molecule has 12 nitrogen and oxygen atoms in total. The molecule has 0 saturated carbocycles. The summed E-state index contributed by atoms with van der Waals surface area (Å²) in [6, 6.07) is 24.3. The maximum atomic E-state index is 12.6. The predicted molar refractivity (Wildman–Crippen MR) is 180 cm³/mol. The number of hydrogen-bond acceptors (Lipinski definition) is 10. The molecule has 2 N–H and O–H groups in total. The standard InChI is InChI=1S/C35H28N4O8S2.2Na/c1-20-15-26(36-38-34-30-11-9-28(48(42,43)44)18-24(30)5-13-32(34)40)7-3-22(20)17-23-4-8-27(16-21(23)2)37-39-35-31-12-10-29(49(45,46)47)19-25(31)6-14-33(35)41;;/h3-16,18-19,40-41H,17H2,1-2H3,(H,42,43,44)(H,45,46,47);;/q;2*+1/p-2. The average Bonchev–Trinajstić information content (AvgIpc) is 3.04. The molecule has 0 atom stereocenters. The maximum absolute atomic E-state index is 12.6. The number of nitrogens with zero attached hydrogens (tertiary/aromatic N) is 4. The van der Waals surface area contributed by atoms with Crippen molar-refractivity contribution >= 4 is 64.5 Å². The van der Waals surface area contributed by atoms with E-state index in [0.717, 1.165) is 22.3 Å². The van der Waals surface area contributed by atoms with Gasteiger partial charge in [0.15, 0.2) is 0 Å². The summed E-state index contributed by atoms with van der Waals surface area (Å²) in [5, 5.41) is 43.6. The molecule has 0 aromatic heterocycles. The summed E-state index contributed by atoms with van der Waals surface area (Å²) in [7, 11) is -8.81. The Morgan fingerprint density at radius 1 is 0.529 bits per heavy atom. The minimum atomic E-state index is -4.41. The molecule has 248 valence electrons. The summed E-state index contributed by atoms with van der Waals surface area (Å²) in [5.41, 5.74) is 5.06. The molecule has 16 heteroatoms. The van der Waals surface area contributed by atoms with E-state index >= 15 is 0 Å². The van der Waals surface area contributed by atoms with Crippen molar-refractivity contribution in [2.24, 2.45) is 20.5 Å². The van der Waals surface area contributed by atoms with Crippen LogP contribution in [0.3, 0.4) is 0 Å². The van der Waals surface area contributed by atoms with Gasteiger partial charge >= 0.3 is 59.1 Å². The largest absolute Gasteiger partial charge is 1.00 e. The SMILES string of the molecule is Cc1cc(N=Nc2c([O-])ccc3cc(S(=O)(=O)O)ccc23)ccc1Cc1ccc(N=Nc2c([O-])ccc3cc(S(=O)(=O)O)ccc23)cc1C.[Na+].[Na+]. The van der Waals surface area contributed by atoms with Gasteiger partial charge in [-0.3, -0.25) is 9.11 Å². The number of azo groups is 2. The molecule has 0 amide bonds. The van der Waals surface area contributed by atoms with Gasteiger partial charge in [-0.2, -0.15) is 37.3 Å². The Morgan fingerprint density at radius 2 is 0.922 bits per heavy atom. The van der Waals surface area contributed by atoms with Crippen molar-refractivity contribution in [3.63, 3.8) is 0 Å². The number of hydrogen-bond donors (Lipinski definition) is 2. The van der Waals surface area contributed by atoms with Gasteiger partial charge in [0.2, 0.25) is 0 Å². The molecule has 0 aliphatic carbocycles. The fourth-order valence-electron chi connectivity index (χ4n) is 5.37. The number of rotatable bonds is 8. The van der Waals surface area contributed by atoms with E-state index in [4.69, 9.17) is 0 Å². The van der Waals surface area contributed by atoms with E-state index in [1.807, 2.05) is 38.1 Å². The van der Waals surface area contributed by atoms with Crippen LogP contribution in [0.2, 0.25) is 0 Å². The van der Waals surface area contributed by atoms with Crippen molar-refractivity contribution in [1.82, 2.24) is 0 Å². The third-order valence-corrected chi connectivity index (χ3v) is 9.71. The van der Waals surface area contributed by atoms with Crippen LogP contribution in [0.25, 0.3) is 21.5 Å². The fraction of sp³-hybridized carbons (Fsp3) is 0.0857. The molecule has 0 fully saturated rings. The third-order valence-electron chi connectivity index (χ3n) is 8.01. The molecular weight excluding hydrogens is 715 g/mol. The second kappa shape index (κ2) is 16.0. The van der Waals surface area contributed by atoms with Crippen LogP contribution in [0.5, 0.6) is 11.5 Å². The van der Waals surface area contributed by atoms with Crippen LogP contribution in [0.1, 0.15) is 22.3 Å². The first-order valence-electron chi connectivity index (χ1n) is 14.6. The van der Waals surface area contributed by atoms with E-state index in [1.54, 1.807) is 12.1 Å². The van der Waals surface area contributed by atoms with Crippen molar-refractivity contribution in [3.05, 3.63) is 119 Å². The van der Waals surface area contributed by atoms with Crippen LogP contribution in [-0.4, -0.2) is 25.9 Å². The zero-order valence-electron chi connectivity index (χ0n) is 27.9. The van der Waals surface area contributed by atoms with E-state index in [2.05, 4.69) is 20.5 Å². The van der Waals surface area contributed by atoms with Gasteiger partial charge in [-0.15, -0.1) is 0 Å². The van der Waals surface area contributed by atoms with Crippen LogP contribution in [0, 0.1) is 13.8 Å². The van der Waals surface area contributed by atoms with Crippen LogP contribution in [0.4, 0.5) is 22.7 Å². The van der Waals surface area contributed by atoms with Crippen molar-refractivity contribution in [2.45, 2.75) is 30.1 Å². The summed E-state index contributed by atoms with van der Waals surface area (Å²) < 4.78 is 64.8. The van der Waals surface area contributed by atoms with Crippen LogP contribution in [0.15, 0.2) is 127 Å². The number of aryl methyl sites for hydroxylation is 2. The van der Waals surface area contributed by atoms with Gasteiger partial charge in [-0.25, -0.2) is 0 Å². The Kier molecular flexibility index (Phi) is 12.6. The Hall–Kier alpha value is -3.54. The second-order valence-electron chi connectivity index (χ2n) is 11.3. The van der Waals surface area contributed by atoms with E-state index in [9.17, 15) is 36.2 Å². The molecule has 0 spiro atoms. The van der Waals surface area contributed by atoms with Crippen molar-refractivity contribution in [3.8, 4) is 11.5 Å². The fourth-order valence-corrected chi connectivity index (χ4v) is 6.40. The number of fused-ring (bicyclic) bond motifs is 2. The number of benzene rings is 6. The first-order valence-corrected chi connectivity index (χ1v) is 17.5. The van der Waals surface area contributed by atoms with Crippen molar-refractivity contribution in [2.75, 3.05) is 0 Å². The molecule has 0 radical (unpaired) electrons. The molecular formula is C35H26N4Na2O8S2. The smallest absolute Gasteiger partial charge is 0.871 e. The van der Waals surface area contributed by atoms with Crippen molar-refractivity contribution in [1.29, 1.82) is 0 Å². The first kappa shape index (κ1) is 40.2. The van der Waals surface area contributed by atoms with Crippen LogP contribution >= 0.6 is 0 Å². The maximum Gasteiger partial charge on any atom is 1.00 e. The molecule has 0 aliphatic rings. The summed E-state index contributed by atoms with van der Waals surface area (Å²) in [5.74, 6) is -0.773. The van der Waals surface area contributed by atoms with Gasteiger partial charge in [0.1, 0.15) is 0 Å². The van der Waals surface area contributed by atoms with E-state index < -0.39 is 20.2 Å². The molecule has 0 heterocycles. The minimum absolute atomic E-state index is 0. The second-order valence-corrected chi connectivity index (χ2v) is 14.2. The van der Waals surface area contributed by atoms with Crippen LogP contribution < -0.4 is 69.3 Å². The van der Waals surface area contributed by atoms with Gasteiger partial charge < -0.3 is 10.2 Å². The predicted octanol–water partition coefficient (Wildman–Crippen LogP) is 1.68. The molecule has 6 rings (SSSR count). The molecule has 0 bridgehead atoms. The Morgan fingerprint density at radius 3 is 1.27 bits per heavy atom. The van der Waals surface area contributed by atoms with Gasteiger partial charge in [0.05, 0.1) is 32.5 Å². The zero-order chi connectivity index (χ0) is 35.1. The molecule has 6 aromatic rings. The summed E-state index contributed by atoms with van der Waals surface area (Å²) >= 11 is 0. The zero-order valence-corrected chi connectivity index (χ0v) is 33.5. The van der Waals surface area contributed by atoms with E-state index in [1.165, 1.54) is 60.7 Å². The molecule has 0 aliphatic heterocycles. The molecule has 6 aromatic carbocycles. The van der Waals surface area contributed by atoms with Crippen molar-refractivity contribution < 1.29 is 95.3 Å². The molecule has 0 unspecified atom stereocenters. The summed E-state index contributed by atoms with van der Waals surface area (Å²) in [6.07, 6.45) is 0.598. The van der Waals surface area contributed by atoms with Gasteiger partial charge in [-0.1, -0.05) is 60.0 Å². The van der Waals surface area contributed by atoms with Gasteiger partial charge in [0.25, 0.3) is 20.2 Å². The Labute approximate surface area is 338 Å². The minimum Gasteiger partial charge on any atom is -0.871 e. The quantitative estimate of drug-likeness (QED) is 0.133. The Balaban J connectivity index is 0.00000292. The first-order chi connectivity index (χ1) is 23.2. The average molecular weight is 741 g/mol. The van der Waals surface area contributed by atoms with Gasteiger partial charge in [-0.05, 0) is 102 Å². The Bertz CT molecular complexity index is 2420. The topological polar surface area (TPSA) is 204 Å². The molecule has 0 saturated heterocycles. The molecule has 51 heavy (non-hydrogen) atoms. The normalized spacial score (nSPS) is 12.0. The third kappa shape index (κ3) is 9.10. The van der Waals surface area contributed by atoms with E-state index in [-0.39, 0.29) is 91.8 Å². The van der Waals surface area contributed by atoms with E-state index in [0.29, 0.717) is 39.3 Å². The van der Waals surface area contributed by atoms with Crippen LogP contribution in [-0.2, 0) is 26.7 Å². The van der Waals surface area contributed by atoms with Gasteiger partial charge in [0, 0.05) is 10.8 Å². The summed E-state index contributed by atoms with van der Waals surface area (Å²) in [6.45, 7) is 3.87. The summed E-state index contributed by atoms with van der Waals surface area (Å²) in [4.78, 5) is -0.580. The monoisotopic (exact) mass is 740 g/mol.